The molecule has 0 fully saturated rings. The number of benzene rings is 2. The molecule has 28 heavy (non-hydrogen) atoms. The van der Waals surface area contributed by atoms with Gasteiger partial charge >= 0.3 is 10.1 Å². The van der Waals surface area contributed by atoms with Gasteiger partial charge in [-0.2, -0.15) is 8.42 Å². The predicted molar refractivity (Wildman–Crippen MR) is 107 cm³/mol. The Morgan fingerprint density at radius 1 is 1.11 bits per heavy atom. The molecule has 0 saturated heterocycles. The van der Waals surface area contributed by atoms with Crippen molar-refractivity contribution in [1.82, 2.24) is 4.90 Å². The van der Waals surface area contributed by atoms with E-state index in [1.807, 2.05) is 13.8 Å². The highest BCUT2D eigenvalue weighted by Crippen LogP contribution is 2.20. The van der Waals surface area contributed by atoms with Gasteiger partial charge in [0.05, 0.1) is 5.25 Å². The Hall–Kier alpha value is -2.41. The number of amides is 1. The monoisotopic (exact) mass is 407 g/mol. The van der Waals surface area contributed by atoms with Crippen LogP contribution in [0.2, 0.25) is 0 Å². The van der Waals surface area contributed by atoms with E-state index >= 15 is 0 Å². The Morgan fingerprint density at radius 3 is 2.29 bits per heavy atom. The summed E-state index contributed by atoms with van der Waals surface area (Å²) < 4.78 is 42.3. The summed E-state index contributed by atoms with van der Waals surface area (Å²) >= 11 is 0. The SMILES string of the molecule is CC[C@H](C)N(Cc1ccc(OS(=O)(=O)C(C)C)cc1)C(=O)c1cccc(F)c1. The van der Waals surface area contributed by atoms with Gasteiger partial charge < -0.3 is 9.08 Å². The van der Waals surface area contributed by atoms with Crippen molar-refractivity contribution >= 4 is 16.0 Å². The lowest BCUT2D eigenvalue weighted by Gasteiger charge is -2.29. The minimum absolute atomic E-state index is 0.0481. The van der Waals surface area contributed by atoms with Gasteiger partial charge in [0.15, 0.2) is 0 Å². The van der Waals surface area contributed by atoms with E-state index in [1.165, 1.54) is 18.2 Å². The molecule has 0 aliphatic rings. The van der Waals surface area contributed by atoms with E-state index in [-0.39, 0.29) is 17.7 Å². The lowest BCUT2D eigenvalue weighted by molar-refractivity contribution is 0.0671. The third-order valence-corrected chi connectivity index (χ3v) is 6.10. The molecule has 0 aliphatic heterocycles. The molecule has 7 heteroatoms. The molecule has 5 nitrogen and oxygen atoms in total. The maximum absolute atomic E-state index is 13.5. The molecule has 0 N–H and O–H groups in total. The fourth-order valence-electron chi connectivity index (χ4n) is 2.51. The van der Waals surface area contributed by atoms with Crippen LogP contribution in [-0.2, 0) is 16.7 Å². The van der Waals surface area contributed by atoms with Crippen LogP contribution in [0.3, 0.4) is 0 Å². The van der Waals surface area contributed by atoms with Gasteiger partial charge in [0.2, 0.25) is 0 Å². The maximum Gasteiger partial charge on any atom is 0.311 e. The van der Waals surface area contributed by atoms with Crippen molar-refractivity contribution in [3.05, 3.63) is 65.5 Å². The normalized spacial score (nSPS) is 12.6. The average Bonchev–Trinajstić information content (AvgIpc) is 2.66. The van der Waals surface area contributed by atoms with Crippen LogP contribution in [0.4, 0.5) is 4.39 Å². The molecule has 0 radical (unpaired) electrons. The second-order valence-corrected chi connectivity index (χ2v) is 9.06. The van der Waals surface area contributed by atoms with Crippen LogP contribution < -0.4 is 4.18 Å². The second-order valence-electron chi connectivity index (χ2n) is 6.97. The quantitative estimate of drug-likeness (QED) is 0.609. The molecule has 152 valence electrons. The van der Waals surface area contributed by atoms with Crippen molar-refractivity contribution in [2.75, 3.05) is 0 Å². The van der Waals surface area contributed by atoms with E-state index < -0.39 is 21.2 Å². The first kappa shape index (κ1) is 21.9. The Bertz CT molecular complexity index is 910. The topological polar surface area (TPSA) is 63.7 Å². The van der Waals surface area contributed by atoms with Crippen LogP contribution in [0.1, 0.15) is 50.0 Å². The molecule has 2 aromatic rings. The second kappa shape index (κ2) is 9.19. The molecule has 1 atom stereocenters. The average molecular weight is 408 g/mol. The first-order valence-electron chi connectivity index (χ1n) is 9.22. The highest BCUT2D eigenvalue weighted by atomic mass is 32.2. The van der Waals surface area contributed by atoms with E-state index in [4.69, 9.17) is 4.18 Å². The Kier molecular flexibility index (Phi) is 7.18. The molecular weight excluding hydrogens is 381 g/mol. The Balaban J connectivity index is 2.20. The molecule has 0 aliphatic carbocycles. The minimum atomic E-state index is -3.66. The van der Waals surface area contributed by atoms with Crippen LogP contribution in [0.15, 0.2) is 48.5 Å². The molecule has 1 amide bonds. The van der Waals surface area contributed by atoms with E-state index in [0.29, 0.717) is 12.1 Å². The molecule has 0 saturated carbocycles. The van der Waals surface area contributed by atoms with Crippen LogP contribution in [0.5, 0.6) is 5.75 Å². The Labute approximate surface area is 166 Å². The summed E-state index contributed by atoms with van der Waals surface area (Å²) in [6.07, 6.45) is 0.745. The number of nitrogens with zero attached hydrogens (tertiary/aromatic N) is 1. The van der Waals surface area contributed by atoms with E-state index in [9.17, 15) is 17.6 Å². The van der Waals surface area contributed by atoms with Crippen LogP contribution in [0.25, 0.3) is 0 Å². The van der Waals surface area contributed by atoms with Crippen molar-refractivity contribution in [3.63, 3.8) is 0 Å². The first-order valence-corrected chi connectivity index (χ1v) is 10.7. The summed E-state index contributed by atoms with van der Waals surface area (Å²) in [6.45, 7) is 7.33. The number of hydrogen-bond donors (Lipinski definition) is 0. The molecule has 0 bridgehead atoms. The zero-order valence-corrected chi connectivity index (χ0v) is 17.4. The summed E-state index contributed by atoms with van der Waals surface area (Å²) in [5.74, 6) is -0.483. The molecular formula is C21H26FNO4S. The summed E-state index contributed by atoms with van der Waals surface area (Å²) in [5, 5.41) is -0.642. The van der Waals surface area contributed by atoms with Crippen LogP contribution in [-0.4, -0.2) is 30.5 Å². The number of carbonyl (C=O) groups is 1. The molecule has 0 spiro atoms. The third-order valence-electron chi connectivity index (χ3n) is 4.52. The third kappa shape index (κ3) is 5.55. The van der Waals surface area contributed by atoms with Crippen molar-refractivity contribution in [1.29, 1.82) is 0 Å². The van der Waals surface area contributed by atoms with Gasteiger partial charge in [-0.3, -0.25) is 4.79 Å². The smallest absolute Gasteiger partial charge is 0.311 e. The number of hydrogen-bond acceptors (Lipinski definition) is 4. The van der Waals surface area contributed by atoms with Gasteiger partial charge in [0, 0.05) is 18.2 Å². The lowest BCUT2D eigenvalue weighted by Crippen LogP contribution is -2.37. The summed E-state index contributed by atoms with van der Waals surface area (Å²) in [7, 11) is -3.66. The van der Waals surface area contributed by atoms with Gasteiger partial charge in [0.1, 0.15) is 11.6 Å². The number of rotatable bonds is 8. The van der Waals surface area contributed by atoms with Crippen molar-refractivity contribution in [2.24, 2.45) is 0 Å². The van der Waals surface area contributed by atoms with Crippen LogP contribution >= 0.6 is 0 Å². The van der Waals surface area contributed by atoms with Crippen molar-refractivity contribution in [2.45, 2.75) is 52.0 Å². The fraction of sp³-hybridized carbons (Fsp3) is 0.381. The van der Waals surface area contributed by atoms with E-state index in [1.54, 1.807) is 49.1 Å². The predicted octanol–water partition coefficient (Wildman–Crippen LogP) is 4.38. The Morgan fingerprint density at radius 2 is 1.75 bits per heavy atom. The van der Waals surface area contributed by atoms with E-state index in [2.05, 4.69) is 0 Å². The maximum atomic E-state index is 13.5. The molecule has 2 aromatic carbocycles. The number of carbonyl (C=O) groups excluding carboxylic acids is 1. The largest absolute Gasteiger partial charge is 0.382 e. The van der Waals surface area contributed by atoms with Crippen molar-refractivity contribution in [3.8, 4) is 5.75 Å². The molecule has 0 heterocycles. The van der Waals surface area contributed by atoms with Gasteiger partial charge in [-0.15, -0.1) is 0 Å². The first-order chi connectivity index (χ1) is 13.1. The van der Waals surface area contributed by atoms with Crippen LogP contribution in [0, 0.1) is 5.82 Å². The standard InChI is InChI=1S/C21H26FNO4S/c1-5-16(4)23(21(24)18-7-6-8-19(22)13-18)14-17-9-11-20(12-10-17)27-28(25,26)15(2)3/h6-13,15-16H,5,14H2,1-4H3/t16-/m0/s1. The summed E-state index contributed by atoms with van der Waals surface area (Å²) in [4.78, 5) is 14.6. The minimum Gasteiger partial charge on any atom is -0.382 e. The summed E-state index contributed by atoms with van der Waals surface area (Å²) in [5.41, 5.74) is 1.11. The van der Waals surface area contributed by atoms with Gasteiger partial charge in [-0.25, -0.2) is 4.39 Å². The highest BCUT2D eigenvalue weighted by Gasteiger charge is 2.22. The van der Waals surface area contributed by atoms with Gasteiger partial charge in [-0.1, -0.05) is 25.1 Å². The van der Waals surface area contributed by atoms with Gasteiger partial charge in [0.25, 0.3) is 5.91 Å². The fourth-order valence-corrected chi connectivity index (χ4v) is 3.08. The molecule has 0 unspecified atom stereocenters. The molecule has 0 aromatic heterocycles. The zero-order chi connectivity index (χ0) is 20.9. The van der Waals surface area contributed by atoms with Crippen molar-refractivity contribution < 1.29 is 21.8 Å². The highest BCUT2D eigenvalue weighted by molar-refractivity contribution is 7.87. The zero-order valence-electron chi connectivity index (χ0n) is 16.6. The molecule has 2 rings (SSSR count). The number of halogens is 1. The van der Waals surface area contributed by atoms with E-state index in [0.717, 1.165) is 12.0 Å². The van der Waals surface area contributed by atoms with Gasteiger partial charge in [-0.05, 0) is 63.1 Å². The summed E-state index contributed by atoms with van der Waals surface area (Å²) in [6, 6.07) is 12.2. The lowest BCUT2D eigenvalue weighted by atomic mass is 10.1.